The largest absolute Gasteiger partial charge is 0.315 e. The van der Waals surface area contributed by atoms with Gasteiger partial charge < -0.3 is 5.32 Å². The fourth-order valence-electron chi connectivity index (χ4n) is 1.80. The summed E-state index contributed by atoms with van der Waals surface area (Å²) in [6.07, 6.45) is 2.82. The highest BCUT2D eigenvalue weighted by Crippen LogP contribution is 2.24. The van der Waals surface area contributed by atoms with Crippen LogP contribution in [-0.2, 0) is 16.6 Å². The van der Waals surface area contributed by atoms with Crippen molar-refractivity contribution in [2.24, 2.45) is 0 Å². The topological polar surface area (TPSA) is 49.4 Å². The Bertz CT molecular complexity index is 485. The number of nitrogens with zero attached hydrogens (tertiary/aromatic N) is 1. The molecule has 1 N–H and O–H groups in total. The van der Waals surface area contributed by atoms with Crippen molar-refractivity contribution >= 4 is 33.1 Å². The maximum Gasteiger partial charge on any atom is 0.243 e. The number of hydrogen-bond acceptors (Lipinski definition) is 5. The molecule has 0 aliphatic heterocycles. The zero-order valence-electron chi connectivity index (χ0n) is 11.8. The quantitative estimate of drug-likeness (QED) is 0.797. The highest BCUT2D eigenvalue weighted by molar-refractivity contribution is 7.98. The Labute approximate surface area is 124 Å². The lowest BCUT2D eigenvalue weighted by atomic mass is 10.3. The summed E-state index contributed by atoms with van der Waals surface area (Å²) in [4.78, 5) is 1.44. The van der Waals surface area contributed by atoms with Crippen LogP contribution in [0.1, 0.15) is 18.2 Å². The first-order chi connectivity index (χ1) is 8.97. The number of nitrogens with one attached hydrogen (secondary N) is 1. The van der Waals surface area contributed by atoms with Crippen LogP contribution in [0.4, 0.5) is 0 Å². The van der Waals surface area contributed by atoms with E-state index in [-0.39, 0.29) is 6.04 Å². The molecule has 7 heteroatoms. The highest BCUT2D eigenvalue weighted by Gasteiger charge is 2.27. The fraction of sp³-hybridized carbons (Fsp3) is 0.667. The van der Waals surface area contributed by atoms with E-state index in [9.17, 15) is 8.42 Å². The third-order valence-electron chi connectivity index (χ3n) is 3.00. The summed E-state index contributed by atoms with van der Waals surface area (Å²) in [6.45, 7) is 2.72. The Morgan fingerprint density at radius 2 is 2.21 bits per heavy atom. The third kappa shape index (κ3) is 4.19. The average molecular weight is 323 g/mol. The summed E-state index contributed by atoms with van der Waals surface area (Å²) in [5, 5.41) is 4.76. The van der Waals surface area contributed by atoms with Gasteiger partial charge in [-0.1, -0.05) is 6.92 Å². The van der Waals surface area contributed by atoms with Crippen molar-refractivity contribution in [3.63, 3.8) is 0 Å². The van der Waals surface area contributed by atoms with Gasteiger partial charge in [0.05, 0.1) is 4.90 Å². The van der Waals surface area contributed by atoms with Gasteiger partial charge >= 0.3 is 0 Å². The smallest absolute Gasteiger partial charge is 0.243 e. The van der Waals surface area contributed by atoms with Crippen LogP contribution in [0, 0.1) is 0 Å². The fourth-order valence-corrected chi connectivity index (χ4v) is 5.44. The van der Waals surface area contributed by atoms with E-state index in [2.05, 4.69) is 5.32 Å². The number of rotatable bonds is 8. The third-order valence-corrected chi connectivity index (χ3v) is 6.69. The minimum atomic E-state index is -3.37. The molecule has 110 valence electrons. The molecule has 1 rings (SSSR count). The van der Waals surface area contributed by atoms with Crippen LogP contribution in [0.5, 0.6) is 0 Å². The van der Waals surface area contributed by atoms with Crippen LogP contribution >= 0.6 is 23.1 Å². The minimum Gasteiger partial charge on any atom is -0.315 e. The van der Waals surface area contributed by atoms with Crippen molar-refractivity contribution < 1.29 is 8.42 Å². The molecule has 1 unspecified atom stereocenters. The van der Waals surface area contributed by atoms with Crippen LogP contribution in [-0.4, -0.2) is 44.9 Å². The lowest BCUT2D eigenvalue weighted by Crippen LogP contribution is -2.38. The van der Waals surface area contributed by atoms with Gasteiger partial charge in [0.1, 0.15) is 0 Å². The molecule has 0 aliphatic carbocycles. The molecule has 0 spiro atoms. The lowest BCUT2D eigenvalue weighted by molar-refractivity contribution is 0.385. The van der Waals surface area contributed by atoms with Gasteiger partial charge in [-0.3, -0.25) is 0 Å². The van der Waals surface area contributed by atoms with E-state index in [1.165, 1.54) is 15.6 Å². The van der Waals surface area contributed by atoms with Crippen molar-refractivity contribution in [2.45, 2.75) is 30.8 Å². The van der Waals surface area contributed by atoms with Crippen LogP contribution in [0.25, 0.3) is 0 Å². The molecule has 19 heavy (non-hydrogen) atoms. The maximum atomic E-state index is 12.5. The van der Waals surface area contributed by atoms with E-state index in [0.717, 1.165) is 17.1 Å². The number of thioether (sulfide) groups is 1. The van der Waals surface area contributed by atoms with Gasteiger partial charge in [-0.25, -0.2) is 8.42 Å². The zero-order valence-corrected chi connectivity index (χ0v) is 14.3. The predicted octanol–water partition coefficient (Wildman–Crippen LogP) is 2.23. The second-order valence-corrected chi connectivity index (χ2v) is 8.22. The van der Waals surface area contributed by atoms with Gasteiger partial charge in [-0.05, 0) is 25.8 Å². The van der Waals surface area contributed by atoms with E-state index in [1.807, 2.05) is 20.2 Å². The van der Waals surface area contributed by atoms with Crippen LogP contribution in [0.3, 0.4) is 0 Å². The SMILES string of the molecule is CCC(CSC)N(C)S(=O)(=O)c1csc(CNC)c1. The normalized spacial score (nSPS) is 13.9. The molecule has 0 saturated carbocycles. The molecular weight excluding hydrogens is 300 g/mol. The first-order valence-corrected chi connectivity index (χ1v) is 9.87. The standard InChI is InChI=1S/C12H22N2O2S3/c1-5-10(8-17-4)14(3)19(15,16)12-6-11(7-13-2)18-9-12/h6,9-10,13H,5,7-8H2,1-4H3. The lowest BCUT2D eigenvalue weighted by Gasteiger charge is -2.25. The molecule has 1 aromatic heterocycles. The molecule has 1 atom stereocenters. The van der Waals surface area contributed by atoms with Gasteiger partial charge in [-0.2, -0.15) is 16.1 Å². The number of thiophene rings is 1. The monoisotopic (exact) mass is 322 g/mol. The first kappa shape index (κ1) is 17.0. The van der Waals surface area contributed by atoms with E-state index in [1.54, 1.807) is 30.3 Å². The van der Waals surface area contributed by atoms with Crippen molar-refractivity contribution in [3.8, 4) is 0 Å². The predicted molar refractivity (Wildman–Crippen MR) is 84.5 cm³/mol. The second kappa shape index (κ2) is 7.64. The van der Waals surface area contributed by atoms with E-state index in [4.69, 9.17) is 0 Å². The number of sulfonamides is 1. The summed E-state index contributed by atoms with van der Waals surface area (Å²) in [5.41, 5.74) is 0. The molecule has 1 heterocycles. The van der Waals surface area contributed by atoms with Crippen molar-refractivity contribution in [1.29, 1.82) is 0 Å². The molecule has 0 saturated heterocycles. The molecule has 4 nitrogen and oxygen atoms in total. The van der Waals surface area contributed by atoms with Gasteiger partial charge in [0.25, 0.3) is 0 Å². The Morgan fingerprint density at radius 1 is 1.53 bits per heavy atom. The number of hydrogen-bond donors (Lipinski definition) is 1. The molecular formula is C12H22N2O2S3. The van der Waals surface area contributed by atoms with E-state index < -0.39 is 10.0 Å². The Kier molecular flexibility index (Phi) is 6.82. The first-order valence-electron chi connectivity index (χ1n) is 6.16. The van der Waals surface area contributed by atoms with Crippen molar-refractivity contribution in [1.82, 2.24) is 9.62 Å². The summed E-state index contributed by atoms with van der Waals surface area (Å²) >= 11 is 3.15. The van der Waals surface area contributed by atoms with Gasteiger partial charge in [0, 0.05) is 35.6 Å². The van der Waals surface area contributed by atoms with Crippen molar-refractivity contribution in [2.75, 3.05) is 26.1 Å². The molecule has 0 amide bonds. The minimum absolute atomic E-state index is 0.0488. The van der Waals surface area contributed by atoms with Crippen molar-refractivity contribution in [3.05, 3.63) is 16.3 Å². The molecule has 0 radical (unpaired) electrons. The Balaban J connectivity index is 2.94. The Hall–Kier alpha value is -0.0800. The molecule has 0 aromatic carbocycles. The van der Waals surface area contributed by atoms with E-state index in [0.29, 0.717) is 11.4 Å². The summed E-state index contributed by atoms with van der Waals surface area (Å²) in [7, 11) is 0.161. The molecule has 0 aliphatic rings. The molecule has 1 aromatic rings. The van der Waals surface area contributed by atoms with Crippen LogP contribution < -0.4 is 5.32 Å². The summed E-state index contributed by atoms with van der Waals surface area (Å²) in [6, 6.07) is 1.81. The molecule has 0 fully saturated rings. The molecule has 0 bridgehead atoms. The highest BCUT2D eigenvalue weighted by atomic mass is 32.2. The average Bonchev–Trinajstić information content (AvgIpc) is 2.85. The maximum absolute atomic E-state index is 12.5. The zero-order chi connectivity index (χ0) is 14.5. The van der Waals surface area contributed by atoms with Crippen LogP contribution in [0.2, 0.25) is 0 Å². The summed E-state index contributed by atoms with van der Waals surface area (Å²) < 4.78 is 26.6. The summed E-state index contributed by atoms with van der Waals surface area (Å²) in [5.74, 6) is 0.819. The van der Waals surface area contributed by atoms with E-state index >= 15 is 0 Å². The van der Waals surface area contributed by atoms with Gasteiger partial charge in [-0.15, -0.1) is 11.3 Å². The second-order valence-electron chi connectivity index (χ2n) is 4.32. The van der Waals surface area contributed by atoms with Gasteiger partial charge in [0.2, 0.25) is 10.0 Å². The Morgan fingerprint density at radius 3 is 2.74 bits per heavy atom. The van der Waals surface area contributed by atoms with Crippen LogP contribution in [0.15, 0.2) is 16.3 Å². The van der Waals surface area contributed by atoms with Gasteiger partial charge in [0.15, 0.2) is 0 Å².